The molecule has 0 radical (unpaired) electrons. The summed E-state index contributed by atoms with van der Waals surface area (Å²) in [5, 5.41) is 8.37. The number of ether oxygens (including phenoxy) is 1. The van der Waals surface area contributed by atoms with Gasteiger partial charge in [0.2, 0.25) is 0 Å². The zero-order valence-electron chi connectivity index (χ0n) is 8.64. The third kappa shape index (κ3) is 4.24. The summed E-state index contributed by atoms with van der Waals surface area (Å²) >= 11 is 0. The number of carboxylic acid groups (broad SMARTS) is 1. The number of hydrogen-bond acceptors (Lipinski definition) is 4. The van der Waals surface area contributed by atoms with E-state index in [-0.39, 0.29) is 4.90 Å². The highest BCUT2D eigenvalue weighted by Crippen LogP contribution is 2.24. The molecule has 0 aliphatic carbocycles. The van der Waals surface area contributed by atoms with Gasteiger partial charge in [0.05, 0.1) is 4.90 Å². The summed E-state index contributed by atoms with van der Waals surface area (Å²) in [5.41, 5.74) is 0. The molecule has 0 unspecified atom stereocenters. The molecule has 0 spiro atoms. The average Bonchev–Trinajstić information content (AvgIpc) is 2.13. The number of halogens is 3. The summed E-state index contributed by atoms with van der Waals surface area (Å²) in [4.78, 5) is 9.90. The second-order valence-electron chi connectivity index (χ2n) is 3.17. The lowest BCUT2D eigenvalue weighted by atomic mass is 10.3. The third-order valence-electron chi connectivity index (χ3n) is 1.73. The molecule has 0 amide bonds. The molecule has 9 heteroatoms. The SMILES string of the molecule is O=C(O)CS(=O)(=O)c1ccc(OC(F)(F)F)cc1. The molecule has 1 aromatic carbocycles. The first-order chi connectivity index (χ1) is 8.10. The normalized spacial score (nSPS) is 12.2. The van der Waals surface area contributed by atoms with E-state index in [0.29, 0.717) is 0 Å². The Hall–Kier alpha value is -1.77. The van der Waals surface area contributed by atoms with Gasteiger partial charge in [0.15, 0.2) is 15.6 Å². The molecule has 1 aromatic rings. The summed E-state index contributed by atoms with van der Waals surface area (Å²) in [7, 11) is -4.06. The zero-order valence-corrected chi connectivity index (χ0v) is 9.46. The number of carbonyl (C=O) groups is 1. The monoisotopic (exact) mass is 284 g/mol. The highest BCUT2D eigenvalue weighted by molar-refractivity contribution is 7.92. The third-order valence-corrected chi connectivity index (χ3v) is 3.35. The van der Waals surface area contributed by atoms with Gasteiger partial charge in [-0.2, -0.15) is 0 Å². The van der Waals surface area contributed by atoms with E-state index < -0.39 is 33.7 Å². The van der Waals surface area contributed by atoms with Crippen molar-refractivity contribution in [3.8, 4) is 5.75 Å². The summed E-state index contributed by atoms with van der Waals surface area (Å²) in [5.74, 6) is -3.27. The Kier molecular flexibility index (Phi) is 3.85. The van der Waals surface area contributed by atoms with Gasteiger partial charge in [-0.25, -0.2) is 8.42 Å². The highest BCUT2D eigenvalue weighted by atomic mass is 32.2. The van der Waals surface area contributed by atoms with Crippen LogP contribution < -0.4 is 4.74 Å². The van der Waals surface area contributed by atoms with E-state index in [2.05, 4.69) is 4.74 Å². The van der Waals surface area contributed by atoms with Crippen molar-refractivity contribution in [1.29, 1.82) is 0 Å². The van der Waals surface area contributed by atoms with Crippen molar-refractivity contribution in [2.45, 2.75) is 11.3 Å². The van der Waals surface area contributed by atoms with Crippen LogP contribution in [0.15, 0.2) is 29.2 Å². The number of alkyl halides is 3. The Balaban J connectivity index is 2.93. The first kappa shape index (κ1) is 14.3. The Morgan fingerprint density at radius 3 is 2.11 bits per heavy atom. The predicted octanol–water partition coefficient (Wildman–Crippen LogP) is 1.44. The van der Waals surface area contributed by atoms with E-state index in [9.17, 15) is 26.4 Å². The lowest BCUT2D eigenvalue weighted by Crippen LogP contribution is -2.17. The molecule has 100 valence electrons. The van der Waals surface area contributed by atoms with Crippen LogP contribution in [0.25, 0.3) is 0 Å². The fourth-order valence-corrected chi connectivity index (χ4v) is 2.14. The first-order valence-electron chi connectivity index (χ1n) is 4.40. The van der Waals surface area contributed by atoms with Crippen LogP contribution in [0.1, 0.15) is 0 Å². The molecular weight excluding hydrogens is 277 g/mol. The number of rotatable bonds is 4. The second kappa shape index (κ2) is 4.84. The van der Waals surface area contributed by atoms with Crippen LogP contribution >= 0.6 is 0 Å². The van der Waals surface area contributed by atoms with E-state index in [4.69, 9.17) is 5.11 Å². The molecular formula is C9H7F3O5S. The van der Waals surface area contributed by atoms with Gasteiger partial charge in [-0.3, -0.25) is 4.79 Å². The summed E-state index contributed by atoms with van der Waals surface area (Å²) in [6.45, 7) is 0. The van der Waals surface area contributed by atoms with Crippen LogP contribution in [0.5, 0.6) is 5.75 Å². The smallest absolute Gasteiger partial charge is 0.480 e. The molecule has 1 rings (SSSR count). The first-order valence-corrected chi connectivity index (χ1v) is 6.06. The second-order valence-corrected chi connectivity index (χ2v) is 5.16. The lowest BCUT2D eigenvalue weighted by Gasteiger charge is -2.09. The fraction of sp³-hybridized carbons (Fsp3) is 0.222. The van der Waals surface area contributed by atoms with Crippen molar-refractivity contribution >= 4 is 15.8 Å². The minimum Gasteiger partial charge on any atom is -0.480 e. The molecule has 0 aromatic heterocycles. The standard InChI is InChI=1S/C9H7F3O5S/c10-9(11,12)17-6-1-3-7(4-2-6)18(15,16)5-8(13)14/h1-4H,5H2,(H,13,14). The number of hydrogen-bond donors (Lipinski definition) is 1. The van der Waals surface area contributed by atoms with Gasteiger partial charge in [0.1, 0.15) is 5.75 Å². The van der Waals surface area contributed by atoms with Crippen LogP contribution in [-0.4, -0.2) is 31.6 Å². The lowest BCUT2D eigenvalue weighted by molar-refractivity contribution is -0.274. The van der Waals surface area contributed by atoms with E-state index in [1.54, 1.807) is 0 Å². The molecule has 0 bridgehead atoms. The Labute approximate surface area is 99.7 Å². The van der Waals surface area contributed by atoms with Crippen molar-refractivity contribution in [3.05, 3.63) is 24.3 Å². The largest absolute Gasteiger partial charge is 0.573 e. The Bertz CT molecular complexity index is 532. The molecule has 0 heterocycles. The maximum absolute atomic E-state index is 11.8. The highest BCUT2D eigenvalue weighted by Gasteiger charge is 2.31. The van der Waals surface area contributed by atoms with Crippen LogP contribution in [0, 0.1) is 0 Å². The van der Waals surface area contributed by atoms with Crippen molar-refractivity contribution in [1.82, 2.24) is 0 Å². The number of benzene rings is 1. The van der Waals surface area contributed by atoms with Gasteiger partial charge in [-0.1, -0.05) is 0 Å². The Morgan fingerprint density at radius 1 is 1.22 bits per heavy atom. The van der Waals surface area contributed by atoms with E-state index >= 15 is 0 Å². The fourth-order valence-electron chi connectivity index (χ4n) is 1.09. The van der Waals surface area contributed by atoms with E-state index in [1.165, 1.54) is 0 Å². The van der Waals surface area contributed by atoms with Crippen molar-refractivity contribution < 1.29 is 36.2 Å². The molecule has 0 saturated carbocycles. The van der Waals surface area contributed by atoms with Crippen molar-refractivity contribution in [2.24, 2.45) is 0 Å². The van der Waals surface area contributed by atoms with Crippen LogP contribution in [0.2, 0.25) is 0 Å². The summed E-state index contributed by atoms with van der Waals surface area (Å²) < 4.78 is 61.8. The van der Waals surface area contributed by atoms with E-state index in [1.807, 2.05) is 0 Å². The molecule has 18 heavy (non-hydrogen) atoms. The minimum absolute atomic E-state index is 0.389. The Morgan fingerprint density at radius 2 is 1.72 bits per heavy atom. The summed E-state index contributed by atoms with van der Waals surface area (Å²) in [6.07, 6.45) is -4.87. The summed E-state index contributed by atoms with van der Waals surface area (Å²) in [6, 6.07) is 3.28. The number of aliphatic carboxylic acids is 1. The van der Waals surface area contributed by atoms with Crippen molar-refractivity contribution in [3.63, 3.8) is 0 Å². The van der Waals surface area contributed by atoms with Crippen LogP contribution in [0.4, 0.5) is 13.2 Å². The van der Waals surface area contributed by atoms with Crippen LogP contribution in [-0.2, 0) is 14.6 Å². The molecule has 0 aliphatic rings. The van der Waals surface area contributed by atoms with Gasteiger partial charge in [-0.05, 0) is 24.3 Å². The zero-order chi connectivity index (χ0) is 14.0. The maximum atomic E-state index is 11.8. The van der Waals surface area contributed by atoms with Gasteiger partial charge in [-0.15, -0.1) is 13.2 Å². The minimum atomic E-state index is -4.87. The molecule has 1 N–H and O–H groups in total. The number of carboxylic acids is 1. The van der Waals surface area contributed by atoms with Gasteiger partial charge >= 0.3 is 12.3 Å². The molecule has 0 atom stereocenters. The van der Waals surface area contributed by atoms with Gasteiger partial charge in [0.25, 0.3) is 0 Å². The van der Waals surface area contributed by atoms with E-state index in [0.717, 1.165) is 24.3 Å². The van der Waals surface area contributed by atoms with Crippen molar-refractivity contribution in [2.75, 3.05) is 5.75 Å². The number of sulfone groups is 1. The molecule has 0 aliphatic heterocycles. The predicted molar refractivity (Wildman–Crippen MR) is 52.8 cm³/mol. The molecule has 0 saturated heterocycles. The average molecular weight is 284 g/mol. The van der Waals surface area contributed by atoms with Gasteiger partial charge in [0, 0.05) is 0 Å². The van der Waals surface area contributed by atoms with Crippen LogP contribution in [0.3, 0.4) is 0 Å². The maximum Gasteiger partial charge on any atom is 0.573 e. The van der Waals surface area contributed by atoms with Gasteiger partial charge < -0.3 is 9.84 Å². The molecule has 5 nitrogen and oxygen atoms in total. The molecule has 0 fully saturated rings. The quantitative estimate of drug-likeness (QED) is 0.905. The topological polar surface area (TPSA) is 80.7 Å².